The first-order valence-corrected chi connectivity index (χ1v) is 19.9. The lowest BCUT2D eigenvalue weighted by Crippen LogP contribution is -2.38. The molecule has 4 aromatic carbocycles. The molecule has 6 rings (SSSR count). The molecule has 1 fully saturated rings. The average molecular weight is 838 g/mol. The van der Waals surface area contributed by atoms with Gasteiger partial charge in [0.1, 0.15) is 41.3 Å². The number of nitrogens with zero attached hydrogens (tertiary/aromatic N) is 1. The summed E-state index contributed by atoms with van der Waals surface area (Å²) in [6.45, 7) is 6.59. The molecule has 1 aromatic heterocycles. The minimum Gasteiger partial charge on any atom is -0.497 e. The van der Waals surface area contributed by atoms with E-state index in [1.54, 1.807) is 54.0 Å². The second kappa shape index (κ2) is 17.9. The molecule has 0 aliphatic carbocycles. The van der Waals surface area contributed by atoms with Gasteiger partial charge in [-0.05, 0) is 86.8 Å². The fourth-order valence-electron chi connectivity index (χ4n) is 6.22. The van der Waals surface area contributed by atoms with Gasteiger partial charge in [0.15, 0.2) is 0 Å². The molecule has 12 nitrogen and oxygen atoms in total. The smallest absolute Gasteiger partial charge is 0.465 e. The number of carbonyl (C=O) groups is 1. The van der Waals surface area contributed by atoms with E-state index < -0.39 is 55.3 Å². The molecule has 57 heavy (non-hydrogen) atoms. The van der Waals surface area contributed by atoms with Crippen molar-refractivity contribution in [3.8, 4) is 17.2 Å². The van der Waals surface area contributed by atoms with Crippen LogP contribution in [-0.2, 0) is 28.9 Å². The molecule has 0 bridgehead atoms. The number of benzene rings is 4. The minimum absolute atomic E-state index is 0.0758. The minimum atomic E-state index is -2.48. The Labute approximate surface area is 341 Å². The van der Waals surface area contributed by atoms with Gasteiger partial charge in [-0.1, -0.05) is 77.8 Å². The van der Waals surface area contributed by atoms with Crippen LogP contribution in [0.4, 0.5) is 0 Å². The third kappa shape index (κ3) is 9.55. The number of nitrogens with one attached hydrogen (secondary N) is 1. The largest absolute Gasteiger partial charge is 0.497 e. The van der Waals surface area contributed by atoms with Crippen LogP contribution in [0.5, 0.6) is 17.2 Å². The summed E-state index contributed by atoms with van der Waals surface area (Å²) in [5, 5.41) is 0.554. The highest BCUT2D eigenvalue weighted by Crippen LogP contribution is 2.50. The first-order valence-electron chi connectivity index (χ1n) is 18.0. The van der Waals surface area contributed by atoms with Gasteiger partial charge >= 0.3 is 20.3 Å². The SMILES string of the molecule is COc1ccc(C(OC[C@H]2O[C@@H](n3cc(C)c(=O)[nH]c3=O)C[C@@H]2OP(OC(=O)C(C)(C)C)Oc2ccc(Cl)cc2Cl)(c2ccccc2)c2ccc(OC)cc2)cc1. The van der Waals surface area contributed by atoms with E-state index in [1.807, 2.05) is 78.9 Å². The van der Waals surface area contributed by atoms with Crippen LogP contribution in [0.3, 0.4) is 0 Å². The molecule has 2 heterocycles. The molecule has 0 amide bonds. The summed E-state index contributed by atoms with van der Waals surface area (Å²) in [4.78, 5) is 41.2. The molecule has 300 valence electrons. The molecule has 1 saturated heterocycles. The van der Waals surface area contributed by atoms with Crippen molar-refractivity contribution in [2.24, 2.45) is 5.41 Å². The molecule has 0 saturated carbocycles. The van der Waals surface area contributed by atoms with Crippen LogP contribution in [0, 0.1) is 12.3 Å². The summed E-state index contributed by atoms with van der Waals surface area (Å²) in [6.07, 6.45) is -1.20. The molecule has 0 spiro atoms. The molecule has 1 N–H and O–H groups in total. The van der Waals surface area contributed by atoms with Gasteiger partial charge in [0.2, 0.25) is 0 Å². The van der Waals surface area contributed by atoms with Crippen LogP contribution in [0.1, 0.15) is 55.7 Å². The van der Waals surface area contributed by atoms with Crippen molar-refractivity contribution < 1.29 is 37.3 Å². The number of H-pyrrole nitrogens is 1. The Morgan fingerprint density at radius 3 is 2.04 bits per heavy atom. The van der Waals surface area contributed by atoms with Crippen molar-refractivity contribution in [1.82, 2.24) is 9.55 Å². The summed E-state index contributed by atoms with van der Waals surface area (Å²) < 4.78 is 44.6. The van der Waals surface area contributed by atoms with E-state index in [0.29, 0.717) is 22.1 Å². The number of methoxy groups -OCH3 is 2. The van der Waals surface area contributed by atoms with Crippen molar-refractivity contribution >= 4 is 37.8 Å². The van der Waals surface area contributed by atoms with Gasteiger partial charge in [0, 0.05) is 23.2 Å². The first kappa shape index (κ1) is 41.9. The van der Waals surface area contributed by atoms with E-state index in [9.17, 15) is 14.4 Å². The second-order valence-electron chi connectivity index (χ2n) is 14.3. The highest BCUT2D eigenvalue weighted by molar-refractivity contribution is 7.42. The van der Waals surface area contributed by atoms with Gasteiger partial charge in [-0.25, -0.2) is 4.79 Å². The number of ether oxygens (including phenoxy) is 4. The van der Waals surface area contributed by atoms with E-state index in [4.69, 9.17) is 55.7 Å². The molecule has 0 radical (unpaired) electrons. The predicted octanol–water partition coefficient (Wildman–Crippen LogP) is 8.75. The van der Waals surface area contributed by atoms with Crippen LogP contribution in [-0.4, -0.2) is 48.6 Å². The maximum Gasteiger partial charge on any atom is 0.465 e. The summed E-state index contributed by atoms with van der Waals surface area (Å²) in [6, 6.07) is 29.5. The van der Waals surface area contributed by atoms with Gasteiger partial charge in [0.25, 0.3) is 5.56 Å². The number of carbonyl (C=O) groups excluding carboxylic acids is 1. The molecule has 1 aliphatic rings. The number of rotatable bonds is 14. The van der Waals surface area contributed by atoms with Crippen LogP contribution >= 0.6 is 31.8 Å². The van der Waals surface area contributed by atoms with E-state index in [-0.39, 0.29) is 23.8 Å². The number of halogens is 2. The number of aromatic amines is 1. The fourth-order valence-corrected chi connectivity index (χ4v) is 8.02. The highest BCUT2D eigenvalue weighted by atomic mass is 35.5. The van der Waals surface area contributed by atoms with Crippen LogP contribution in [0.15, 0.2) is 113 Å². The van der Waals surface area contributed by atoms with E-state index in [1.165, 1.54) is 16.8 Å². The summed E-state index contributed by atoms with van der Waals surface area (Å²) in [5.41, 5.74) is -0.658. The standard InChI is InChI=1S/C42H43Cl2N2O10P/c1-26-24-46(40(49)45-38(26)47)37-23-35(55-57(56-39(48)41(2,3)4)54-34-21-16-30(43)22-33(34)44)36(53-37)25-52-42(27-10-8-7-9-11-27,28-12-17-31(50-5)18-13-28)29-14-19-32(51-6)20-15-29/h7-22,24,35-37H,23,25H2,1-6H3,(H,45,47,49)/t35-,36+,37+,57?/m0/s1. The Bertz CT molecular complexity index is 2230. The third-order valence-electron chi connectivity index (χ3n) is 9.33. The molecular weight excluding hydrogens is 794 g/mol. The Hall–Kier alpha value is -4.68. The van der Waals surface area contributed by atoms with Crippen molar-refractivity contribution in [2.75, 3.05) is 20.8 Å². The van der Waals surface area contributed by atoms with Gasteiger partial charge in [-0.2, -0.15) is 0 Å². The van der Waals surface area contributed by atoms with Crippen molar-refractivity contribution in [3.05, 3.63) is 156 Å². The van der Waals surface area contributed by atoms with E-state index in [0.717, 1.165) is 16.7 Å². The molecule has 15 heteroatoms. The van der Waals surface area contributed by atoms with Gasteiger partial charge < -0.3 is 28.0 Å². The zero-order chi connectivity index (χ0) is 40.9. The quantitative estimate of drug-likeness (QED) is 0.0854. The Morgan fingerprint density at radius 2 is 1.47 bits per heavy atom. The zero-order valence-corrected chi connectivity index (χ0v) is 34.6. The van der Waals surface area contributed by atoms with Crippen molar-refractivity contribution in [1.29, 1.82) is 0 Å². The maximum absolute atomic E-state index is 13.3. The fraction of sp³-hybridized carbons (Fsp3) is 0.310. The van der Waals surface area contributed by atoms with E-state index >= 15 is 0 Å². The monoisotopic (exact) mass is 836 g/mol. The molecule has 4 atom stereocenters. The molecule has 5 aromatic rings. The predicted molar refractivity (Wildman–Crippen MR) is 217 cm³/mol. The third-order valence-corrected chi connectivity index (χ3v) is 11.0. The van der Waals surface area contributed by atoms with Crippen LogP contribution in [0.2, 0.25) is 10.0 Å². The lowest BCUT2D eigenvalue weighted by Gasteiger charge is -2.37. The maximum atomic E-state index is 13.3. The van der Waals surface area contributed by atoms with Crippen molar-refractivity contribution in [2.45, 2.75) is 58.2 Å². The Balaban J connectivity index is 1.43. The van der Waals surface area contributed by atoms with Crippen LogP contribution < -0.4 is 25.2 Å². The molecular formula is C42H43Cl2N2O10P. The number of aryl methyl sites for hydroxylation is 1. The Kier molecular flexibility index (Phi) is 13.1. The summed E-state index contributed by atoms with van der Waals surface area (Å²) in [5.74, 6) is 0.904. The number of aromatic nitrogens is 2. The lowest BCUT2D eigenvalue weighted by molar-refractivity contribution is -0.144. The van der Waals surface area contributed by atoms with Gasteiger partial charge in [0.05, 0.1) is 31.3 Å². The number of hydrogen-bond acceptors (Lipinski definition) is 10. The average Bonchev–Trinajstić information content (AvgIpc) is 3.59. The number of hydrogen-bond donors (Lipinski definition) is 1. The molecule has 1 unspecified atom stereocenters. The van der Waals surface area contributed by atoms with Crippen molar-refractivity contribution in [3.63, 3.8) is 0 Å². The van der Waals surface area contributed by atoms with Gasteiger partial charge in [-0.3, -0.25) is 23.7 Å². The van der Waals surface area contributed by atoms with Gasteiger partial charge in [-0.15, -0.1) is 0 Å². The van der Waals surface area contributed by atoms with E-state index in [2.05, 4.69) is 4.98 Å². The highest BCUT2D eigenvalue weighted by Gasteiger charge is 2.45. The molecule has 1 aliphatic heterocycles. The summed E-state index contributed by atoms with van der Waals surface area (Å²) >= 11 is 12.6. The lowest BCUT2D eigenvalue weighted by atomic mass is 9.80. The van der Waals surface area contributed by atoms with Crippen LogP contribution in [0.25, 0.3) is 0 Å². The Morgan fingerprint density at radius 1 is 0.877 bits per heavy atom. The second-order valence-corrected chi connectivity index (χ2v) is 16.2. The normalized spacial score (nSPS) is 17.5. The topological polar surface area (TPSA) is 137 Å². The zero-order valence-electron chi connectivity index (χ0n) is 32.2. The summed E-state index contributed by atoms with van der Waals surface area (Å²) in [7, 11) is 0.718. The first-order chi connectivity index (χ1) is 27.2.